The van der Waals surface area contributed by atoms with Crippen LogP contribution < -0.4 is 9.47 Å². The van der Waals surface area contributed by atoms with Crippen LogP contribution in [0.1, 0.15) is 31.8 Å². The van der Waals surface area contributed by atoms with Gasteiger partial charge < -0.3 is 9.47 Å². The van der Waals surface area contributed by atoms with Gasteiger partial charge in [-0.2, -0.15) is 0 Å². The van der Waals surface area contributed by atoms with Crippen molar-refractivity contribution in [2.75, 3.05) is 0 Å². The number of rotatable bonds is 10. The lowest BCUT2D eigenvalue weighted by molar-refractivity contribution is 0.0734. The second kappa shape index (κ2) is 13.7. The summed E-state index contributed by atoms with van der Waals surface area (Å²) in [4.78, 5) is 25.7. The van der Waals surface area contributed by atoms with Gasteiger partial charge in [-0.05, 0) is 30.3 Å². The Bertz CT molecular complexity index is 1260. The zero-order valence-corrected chi connectivity index (χ0v) is 19.7. The first-order chi connectivity index (χ1) is 17.6. The summed E-state index contributed by atoms with van der Waals surface area (Å²) in [5.41, 5.74) is 1.94. The normalized spacial score (nSPS) is 11.3. The number of hydrogen-bond acceptors (Lipinski definition) is 4. The van der Waals surface area contributed by atoms with Gasteiger partial charge in [0.05, 0.1) is 11.1 Å². The zero-order valence-electron chi connectivity index (χ0n) is 19.7. The van der Waals surface area contributed by atoms with Gasteiger partial charge in [-0.3, -0.25) is 0 Å². The van der Waals surface area contributed by atoms with Gasteiger partial charge in [0.1, 0.15) is 11.5 Å². The lowest BCUT2D eigenvalue weighted by atomic mass is 10.1. The molecule has 178 valence electrons. The van der Waals surface area contributed by atoms with Crippen LogP contribution in [-0.2, 0) is 0 Å². The molecule has 4 heteroatoms. The largest absolute Gasteiger partial charge is 0.422 e. The molecule has 0 unspecified atom stereocenters. The Balaban J connectivity index is 1.75. The second-order valence-corrected chi connectivity index (χ2v) is 7.39. The molecule has 3 rings (SSSR count). The van der Waals surface area contributed by atoms with Gasteiger partial charge >= 0.3 is 11.9 Å². The van der Waals surface area contributed by atoms with Crippen LogP contribution in [0.25, 0.3) is 12.2 Å². The van der Waals surface area contributed by atoms with Gasteiger partial charge in [-0.15, -0.1) is 0 Å². The van der Waals surface area contributed by atoms with Crippen molar-refractivity contribution in [2.24, 2.45) is 0 Å². The smallest absolute Gasteiger partial charge is 0.343 e. The lowest BCUT2D eigenvalue weighted by Gasteiger charge is -2.10. The first-order valence-electron chi connectivity index (χ1n) is 11.3. The highest BCUT2D eigenvalue weighted by molar-refractivity contribution is 5.97. The minimum absolute atomic E-state index is 0.234. The van der Waals surface area contributed by atoms with Crippen molar-refractivity contribution >= 4 is 24.1 Å². The van der Waals surface area contributed by atoms with E-state index in [1.807, 2.05) is 60.7 Å². The average molecular weight is 475 g/mol. The topological polar surface area (TPSA) is 52.6 Å². The molecular weight excluding hydrogens is 448 g/mol. The summed E-state index contributed by atoms with van der Waals surface area (Å²) in [5, 5.41) is 0. The molecule has 0 fully saturated rings. The standard InChI is InChI=1S/C32H26O4/c1-3-5-7-9-16-25-18-11-13-22-29(25)35-31(33)27-20-15-21-28(24-27)32(34)36-30-23-14-12-19-26(30)17-10-8-6-4-2/h3-24H,1-2H2/b7-5+,8-6+,16-9+,17-10+. The first kappa shape index (κ1) is 25.7. The molecule has 4 nitrogen and oxygen atoms in total. The average Bonchev–Trinajstić information content (AvgIpc) is 2.91. The van der Waals surface area contributed by atoms with E-state index in [2.05, 4.69) is 13.2 Å². The van der Waals surface area contributed by atoms with Crippen molar-refractivity contribution in [3.8, 4) is 11.5 Å². The highest BCUT2D eigenvalue weighted by atomic mass is 16.5. The number of allylic oxidation sites excluding steroid dienone is 8. The van der Waals surface area contributed by atoms with Crippen LogP contribution in [0, 0.1) is 0 Å². The predicted octanol–water partition coefficient (Wildman–Crippen LogP) is 7.64. The summed E-state index contributed by atoms with van der Waals surface area (Å²) in [6.07, 6.45) is 17.9. The van der Waals surface area contributed by atoms with Gasteiger partial charge in [-0.1, -0.05) is 116 Å². The molecule has 0 bridgehead atoms. The number of para-hydroxylation sites is 2. The molecular formula is C32H26O4. The van der Waals surface area contributed by atoms with Gasteiger partial charge in [-0.25, -0.2) is 9.59 Å². The molecule has 0 aliphatic carbocycles. The molecule has 0 amide bonds. The van der Waals surface area contributed by atoms with E-state index in [9.17, 15) is 9.59 Å². The van der Waals surface area contributed by atoms with Crippen molar-refractivity contribution in [1.29, 1.82) is 0 Å². The number of ether oxygens (including phenoxy) is 2. The van der Waals surface area contributed by atoms with Crippen LogP contribution in [0.15, 0.2) is 135 Å². The maximum Gasteiger partial charge on any atom is 0.343 e. The van der Waals surface area contributed by atoms with E-state index >= 15 is 0 Å². The van der Waals surface area contributed by atoms with Crippen LogP contribution >= 0.6 is 0 Å². The van der Waals surface area contributed by atoms with Crippen molar-refractivity contribution in [1.82, 2.24) is 0 Å². The Morgan fingerprint density at radius 3 is 1.44 bits per heavy atom. The first-order valence-corrected chi connectivity index (χ1v) is 11.3. The number of carbonyl (C=O) groups excluding carboxylic acids is 2. The summed E-state index contributed by atoms with van der Waals surface area (Å²) in [6.45, 7) is 7.26. The molecule has 0 radical (unpaired) electrons. The fourth-order valence-corrected chi connectivity index (χ4v) is 3.12. The van der Waals surface area contributed by atoms with Gasteiger partial charge in [0.15, 0.2) is 0 Å². The third-order valence-corrected chi connectivity index (χ3v) is 4.85. The summed E-state index contributed by atoms with van der Waals surface area (Å²) < 4.78 is 11.2. The Kier molecular flexibility index (Phi) is 9.75. The Hall–Kier alpha value is -4.96. The second-order valence-electron chi connectivity index (χ2n) is 7.39. The van der Waals surface area contributed by atoms with Gasteiger partial charge in [0.2, 0.25) is 0 Å². The molecule has 0 heterocycles. The van der Waals surface area contributed by atoms with E-state index in [-0.39, 0.29) is 11.1 Å². The highest BCUT2D eigenvalue weighted by Crippen LogP contribution is 2.23. The third kappa shape index (κ3) is 7.54. The minimum Gasteiger partial charge on any atom is -0.422 e. The van der Waals surface area contributed by atoms with Gasteiger partial charge in [0, 0.05) is 11.1 Å². The number of carbonyl (C=O) groups is 2. The van der Waals surface area contributed by atoms with Crippen LogP contribution in [0.4, 0.5) is 0 Å². The monoisotopic (exact) mass is 474 g/mol. The Morgan fingerprint density at radius 1 is 0.556 bits per heavy atom. The zero-order chi connectivity index (χ0) is 25.6. The van der Waals surface area contributed by atoms with Crippen LogP contribution in [0.5, 0.6) is 11.5 Å². The summed E-state index contributed by atoms with van der Waals surface area (Å²) in [7, 11) is 0. The van der Waals surface area contributed by atoms with E-state index < -0.39 is 11.9 Å². The molecule has 0 saturated carbocycles. The highest BCUT2D eigenvalue weighted by Gasteiger charge is 2.15. The van der Waals surface area contributed by atoms with E-state index in [0.29, 0.717) is 11.5 Å². The number of esters is 2. The molecule has 3 aromatic rings. The summed E-state index contributed by atoms with van der Waals surface area (Å²) in [6, 6.07) is 20.6. The third-order valence-electron chi connectivity index (χ3n) is 4.85. The maximum atomic E-state index is 12.9. The van der Waals surface area contributed by atoms with Crippen molar-refractivity contribution < 1.29 is 19.1 Å². The van der Waals surface area contributed by atoms with E-state index in [0.717, 1.165) is 11.1 Å². The SMILES string of the molecule is C=C/C=C/C=C/c1ccccc1OC(=O)c1cccc(C(=O)Oc2ccccc2/C=C/C=C/C=C)c1. The summed E-state index contributed by atoms with van der Waals surface area (Å²) >= 11 is 0. The Labute approximate surface area is 211 Å². The van der Waals surface area contributed by atoms with Crippen molar-refractivity contribution in [3.05, 3.63) is 157 Å². The molecule has 0 aliphatic heterocycles. The quantitative estimate of drug-likeness (QED) is 0.172. The minimum atomic E-state index is -0.579. The maximum absolute atomic E-state index is 12.9. The van der Waals surface area contributed by atoms with E-state index in [1.165, 1.54) is 6.07 Å². The molecule has 36 heavy (non-hydrogen) atoms. The molecule has 0 N–H and O–H groups in total. The van der Waals surface area contributed by atoms with Crippen LogP contribution in [0.2, 0.25) is 0 Å². The number of hydrogen-bond donors (Lipinski definition) is 0. The van der Waals surface area contributed by atoms with Crippen LogP contribution in [-0.4, -0.2) is 11.9 Å². The molecule has 0 saturated heterocycles. The van der Waals surface area contributed by atoms with Gasteiger partial charge in [0.25, 0.3) is 0 Å². The Morgan fingerprint density at radius 2 is 1.00 bits per heavy atom. The fourth-order valence-electron chi connectivity index (χ4n) is 3.12. The summed E-state index contributed by atoms with van der Waals surface area (Å²) in [5.74, 6) is -0.344. The number of benzene rings is 3. The molecule has 0 aromatic heterocycles. The van der Waals surface area contributed by atoms with Crippen molar-refractivity contribution in [2.45, 2.75) is 0 Å². The van der Waals surface area contributed by atoms with E-state index in [4.69, 9.17) is 9.47 Å². The van der Waals surface area contributed by atoms with E-state index in [1.54, 1.807) is 66.8 Å². The molecule has 0 spiro atoms. The molecule has 0 aliphatic rings. The van der Waals surface area contributed by atoms with Crippen LogP contribution in [0.3, 0.4) is 0 Å². The lowest BCUT2D eigenvalue weighted by Crippen LogP contribution is -2.13. The predicted molar refractivity (Wildman–Crippen MR) is 146 cm³/mol. The molecule has 0 atom stereocenters. The fraction of sp³-hybridized carbons (Fsp3) is 0. The molecule has 3 aromatic carbocycles. The van der Waals surface area contributed by atoms with Crippen molar-refractivity contribution in [3.63, 3.8) is 0 Å².